The van der Waals surface area contributed by atoms with E-state index in [2.05, 4.69) is 264 Å². The van der Waals surface area contributed by atoms with Crippen molar-refractivity contribution in [2.24, 2.45) is 0 Å². The standard InChI is InChI=1S/C60H42N2Si/c1-5-21-43(22-6-1)44-23-19-24-45(41-44)50-31-13-16-34-54(50)62-55-35-17-14-32-51(55)52-40-39-46(42-58(52)62)61-56-36-18-15-33-53(56)60-57(61)37-20-38-59(60)63(47-25-7-2-8-26-47,48-27-9-3-10-28-48)49-29-11-4-12-30-49/h1-42H. The molecule has 0 N–H and O–H groups in total. The molecule has 0 saturated carbocycles. The highest BCUT2D eigenvalue weighted by molar-refractivity contribution is 7.20. The second-order valence-electron chi connectivity index (χ2n) is 16.4. The lowest BCUT2D eigenvalue weighted by atomic mass is 9.98. The van der Waals surface area contributed by atoms with Crippen molar-refractivity contribution in [1.29, 1.82) is 0 Å². The smallest absolute Gasteiger partial charge is 0.180 e. The molecular weight excluding hydrogens is 777 g/mol. The molecule has 0 amide bonds. The van der Waals surface area contributed by atoms with Crippen molar-refractivity contribution in [3.05, 3.63) is 255 Å². The number of hydrogen-bond donors (Lipinski definition) is 0. The van der Waals surface area contributed by atoms with Crippen molar-refractivity contribution in [1.82, 2.24) is 9.13 Å². The van der Waals surface area contributed by atoms with Gasteiger partial charge in [-0.3, -0.25) is 0 Å². The first-order valence-corrected chi connectivity index (χ1v) is 23.8. The van der Waals surface area contributed by atoms with Crippen LogP contribution in [0.15, 0.2) is 255 Å². The van der Waals surface area contributed by atoms with Crippen molar-refractivity contribution in [2.75, 3.05) is 0 Å². The Kier molecular flexibility index (Phi) is 8.87. The van der Waals surface area contributed by atoms with Gasteiger partial charge in [-0.2, -0.15) is 0 Å². The number of rotatable bonds is 8. The van der Waals surface area contributed by atoms with Crippen LogP contribution in [0.5, 0.6) is 0 Å². The first kappa shape index (κ1) is 36.8. The summed E-state index contributed by atoms with van der Waals surface area (Å²) < 4.78 is 4.99. The number of hydrogen-bond acceptors (Lipinski definition) is 0. The molecule has 63 heavy (non-hydrogen) atoms. The van der Waals surface area contributed by atoms with Crippen LogP contribution in [0.1, 0.15) is 0 Å². The minimum Gasteiger partial charge on any atom is -0.309 e. The number of benzene rings is 10. The lowest BCUT2D eigenvalue weighted by molar-refractivity contribution is 1.16. The maximum atomic E-state index is 2.50. The summed E-state index contributed by atoms with van der Waals surface area (Å²) in [6.45, 7) is 0. The SMILES string of the molecule is c1ccc(-c2cccc(-c3ccccc3-n3c4ccccc4c4ccc(-n5c6ccccc6c6c([Si](c7ccccc7)(c7ccccc7)c7ccccc7)cccc65)cc43)c2)cc1. The average Bonchev–Trinajstić information content (AvgIpc) is 3.88. The second kappa shape index (κ2) is 15.2. The second-order valence-corrected chi connectivity index (χ2v) is 20.2. The van der Waals surface area contributed by atoms with Crippen LogP contribution in [0.2, 0.25) is 0 Å². The Balaban J connectivity index is 1.13. The van der Waals surface area contributed by atoms with E-state index in [9.17, 15) is 0 Å². The third kappa shape index (κ3) is 5.85. The van der Waals surface area contributed by atoms with Crippen molar-refractivity contribution in [3.63, 3.8) is 0 Å². The van der Waals surface area contributed by atoms with Gasteiger partial charge >= 0.3 is 0 Å². The van der Waals surface area contributed by atoms with Crippen molar-refractivity contribution < 1.29 is 0 Å². The normalized spacial score (nSPS) is 11.8. The van der Waals surface area contributed by atoms with Crippen molar-refractivity contribution in [2.45, 2.75) is 0 Å². The van der Waals surface area contributed by atoms with Crippen molar-refractivity contribution in [3.8, 4) is 33.6 Å². The Morgan fingerprint density at radius 3 is 1.46 bits per heavy atom. The fraction of sp³-hybridized carbons (Fsp3) is 0. The highest BCUT2D eigenvalue weighted by Crippen LogP contribution is 2.39. The summed E-state index contributed by atoms with van der Waals surface area (Å²) in [5.41, 5.74) is 11.8. The molecular formula is C60H42N2Si. The molecule has 0 radical (unpaired) electrons. The van der Waals surface area contributed by atoms with Gasteiger partial charge in [-0.05, 0) is 79.9 Å². The molecule has 0 atom stereocenters. The zero-order valence-electron chi connectivity index (χ0n) is 34.6. The van der Waals surface area contributed by atoms with Crippen LogP contribution in [0.25, 0.3) is 77.2 Å². The zero-order valence-corrected chi connectivity index (χ0v) is 35.6. The van der Waals surface area contributed by atoms with E-state index in [1.54, 1.807) is 0 Å². The molecule has 0 aliphatic carbocycles. The highest BCUT2D eigenvalue weighted by atomic mass is 28.3. The maximum absolute atomic E-state index is 2.87. The molecule has 12 aromatic rings. The van der Waals surface area contributed by atoms with Gasteiger partial charge in [0.2, 0.25) is 0 Å². The van der Waals surface area contributed by atoms with E-state index in [0.717, 1.165) is 11.4 Å². The molecule has 2 heterocycles. The fourth-order valence-electron chi connectivity index (χ4n) is 10.4. The van der Waals surface area contributed by atoms with Gasteiger partial charge in [0.15, 0.2) is 8.07 Å². The lowest BCUT2D eigenvalue weighted by Crippen LogP contribution is -2.74. The van der Waals surface area contributed by atoms with Gasteiger partial charge in [-0.1, -0.05) is 212 Å². The zero-order chi connectivity index (χ0) is 41.7. The van der Waals surface area contributed by atoms with Gasteiger partial charge in [0, 0.05) is 32.8 Å². The van der Waals surface area contributed by atoms with Crippen LogP contribution < -0.4 is 20.7 Å². The maximum Gasteiger partial charge on any atom is 0.180 e. The largest absolute Gasteiger partial charge is 0.309 e. The Bertz CT molecular complexity index is 3510. The molecule has 0 bridgehead atoms. The summed E-state index contributed by atoms with van der Waals surface area (Å²) >= 11 is 0. The van der Waals surface area contributed by atoms with Crippen LogP contribution in [0.3, 0.4) is 0 Å². The van der Waals surface area contributed by atoms with E-state index in [1.807, 2.05) is 0 Å². The summed E-state index contributed by atoms with van der Waals surface area (Å²) in [6.07, 6.45) is 0. The summed E-state index contributed by atoms with van der Waals surface area (Å²) in [5.74, 6) is 0. The number of fused-ring (bicyclic) bond motifs is 6. The predicted molar refractivity (Wildman–Crippen MR) is 270 cm³/mol. The minimum atomic E-state index is -2.87. The monoisotopic (exact) mass is 818 g/mol. The minimum absolute atomic E-state index is 1.13. The first-order chi connectivity index (χ1) is 31.3. The van der Waals surface area contributed by atoms with Crippen LogP contribution in [0, 0.1) is 0 Å². The molecule has 12 rings (SSSR count). The van der Waals surface area contributed by atoms with E-state index in [-0.39, 0.29) is 0 Å². The summed E-state index contributed by atoms with van der Waals surface area (Å²) in [4.78, 5) is 0. The van der Waals surface area contributed by atoms with Crippen LogP contribution in [0.4, 0.5) is 0 Å². The van der Waals surface area contributed by atoms with Gasteiger partial charge in [0.25, 0.3) is 0 Å². The quantitative estimate of drug-likeness (QED) is 0.107. The van der Waals surface area contributed by atoms with Crippen LogP contribution in [-0.2, 0) is 0 Å². The van der Waals surface area contributed by atoms with E-state index >= 15 is 0 Å². The Labute approximate surface area is 368 Å². The fourth-order valence-corrected chi connectivity index (χ4v) is 15.4. The predicted octanol–water partition coefficient (Wildman–Crippen LogP) is 12.6. The number of aromatic nitrogens is 2. The summed E-state index contributed by atoms with van der Waals surface area (Å²) in [6, 6.07) is 94.2. The number of nitrogens with zero attached hydrogens (tertiary/aromatic N) is 2. The molecule has 0 unspecified atom stereocenters. The van der Waals surface area contributed by atoms with E-state index < -0.39 is 8.07 Å². The third-order valence-electron chi connectivity index (χ3n) is 13.1. The number of para-hydroxylation sites is 3. The summed E-state index contributed by atoms with van der Waals surface area (Å²) in [7, 11) is -2.87. The van der Waals surface area contributed by atoms with Gasteiger partial charge in [0.1, 0.15) is 0 Å². The Morgan fingerprint density at radius 2 is 0.778 bits per heavy atom. The van der Waals surface area contributed by atoms with Crippen molar-refractivity contribution >= 4 is 72.4 Å². The molecule has 10 aromatic carbocycles. The summed E-state index contributed by atoms with van der Waals surface area (Å²) in [5, 5.41) is 10.5. The molecule has 296 valence electrons. The Hall–Kier alpha value is -7.98. The van der Waals surface area contributed by atoms with Gasteiger partial charge in [0.05, 0.1) is 27.8 Å². The topological polar surface area (TPSA) is 9.86 Å². The van der Waals surface area contributed by atoms with Crippen LogP contribution in [-0.4, -0.2) is 17.2 Å². The molecule has 0 fully saturated rings. The average molecular weight is 819 g/mol. The highest BCUT2D eigenvalue weighted by Gasteiger charge is 2.43. The third-order valence-corrected chi connectivity index (χ3v) is 17.9. The van der Waals surface area contributed by atoms with E-state index in [4.69, 9.17) is 0 Å². The van der Waals surface area contributed by atoms with E-state index in [1.165, 1.54) is 86.6 Å². The molecule has 0 aliphatic heterocycles. The molecule has 3 heteroatoms. The van der Waals surface area contributed by atoms with Gasteiger partial charge < -0.3 is 9.13 Å². The van der Waals surface area contributed by atoms with Crippen LogP contribution >= 0.6 is 0 Å². The Morgan fingerprint density at radius 1 is 0.286 bits per heavy atom. The first-order valence-electron chi connectivity index (χ1n) is 21.8. The van der Waals surface area contributed by atoms with Gasteiger partial charge in [-0.25, -0.2) is 0 Å². The molecule has 0 aliphatic rings. The van der Waals surface area contributed by atoms with Gasteiger partial charge in [-0.15, -0.1) is 0 Å². The molecule has 0 spiro atoms. The molecule has 2 nitrogen and oxygen atoms in total. The lowest BCUT2D eigenvalue weighted by Gasteiger charge is -2.35. The molecule has 2 aromatic heterocycles. The van der Waals surface area contributed by atoms with E-state index in [0.29, 0.717) is 0 Å². The molecule has 0 saturated heterocycles.